The summed E-state index contributed by atoms with van der Waals surface area (Å²) in [6.07, 6.45) is 0. The second kappa shape index (κ2) is 13.2. The molecule has 0 atom stereocenters. The average molecular weight is 435 g/mol. The Kier molecular flexibility index (Phi) is 11.7. The topological polar surface area (TPSA) is 43.0 Å². The molecule has 1 fully saturated rings. The van der Waals surface area contributed by atoms with Gasteiger partial charge in [-0.2, -0.15) is 0 Å². The highest BCUT2D eigenvalue weighted by Crippen LogP contribution is 2.29. The number of hydrogen-bond donors (Lipinski definition) is 1. The van der Waals surface area contributed by atoms with Crippen molar-refractivity contribution in [3.05, 3.63) is 46.2 Å². The molecule has 152 valence electrons. The third-order valence-corrected chi connectivity index (χ3v) is 5.07. The van der Waals surface area contributed by atoms with E-state index in [9.17, 15) is 0 Å². The Morgan fingerprint density at radius 3 is 2.67 bits per heavy atom. The molecule has 0 radical (unpaired) electrons. The van der Waals surface area contributed by atoms with Gasteiger partial charge in [-0.15, -0.1) is 36.2 Å². The number of benzene rings is 1. The van der Waals surface area contributed by atoms with Crippen molar-refractivity contribution in [1.29, 1.82) is 0 Å². The number of ether oxygens (including phenoxy) is 3. The molecule has 5 nitrogen and oxygen atoms in total. The molecule has 1 aromatic carbocycles. The Hall–Kier alpha value is -1.02. The second-order valence-corrected chi connectivity index (χ2v) is 7.02. The molecule has 1 aliphatic heterocycles. The molecule has 2 heterocycles. The third kappa shape index (κ3) is 7.86. The van der Waals surface area contributed by atoms with Crippen LogP contribution in [0.2, 0.25) is 0 Å². The molecule has 0 bridgehead atoms. The standard InChI is InChI=1S/C19H26N2O3S.2ClH/c1-22-19-13-16(14-20-6-7-21-8-10-23-11-9-21)4-5-18(19)24-15-17-3-2-12-25-17;;/h2-5,12-13,20H,6-11,14-15H2,1H3;2*1H. The molecule has 1 aromatic heterocycles. The first kappa shape index (κ1) is 24.0. The molecule has 0 saturated carbocycles. The van der Waals surface area contributed by atoms with E-state index < -0.39 is 0 Å². The van der Waals surface area contributed by atoms with Gasteiger partial charge in [-0.3, -0.25) is 4.90 Å². The van der Waals surface area contributed by atoms with Crippen LogP contribution in [0, 0.1) is 0 Å². The largest absolute Gasteiger partial charge is 0.493 e. The molecule has 27 heavy (non-hydrogen) atoms. The zero-order valence-electron chi connectivity index (χ0n) is 15.5. The van der Waals surface area contributed by atoms with Gasteiger partial charge in [-0.25, -0.2) is 0 Å². The Balaban J connectivity index is 0.00000182. The summed E-state index contributed by atoms with van der Waals surface area (Å²) in [5, 5.41) is 5.55. The molecule has 2 aromatic rings. The van der Waals surface area contributed by atoms with Crippen LogP contribution in [-0.4, -0.2) is 51.4 Å². The lowest BCUT2D eigenvalue weighted by atomic mass is 10.2. The van der Waals surface area contributed by atoms with Crippen LogP contribution in [0.25, 0.3) is 0 Å². The van der Waals surface area contributed by atoms with E-state index in [0.717, 1.165) is 57.4 Å². The molecule has 0 spiro atoms. The van der Waals surface area contributed by atoms with E-state index in [4.69, 9.17) is 14.2 Å². The third-order valence-electron chi connectivity index (χ3n) is 4.22. The number of thiophene rings is 1. The van der Waals surface area contributed by atoms with E-state index in [1.165, 1.54) is 10.4 Å². The van der Waals surface area contributed by atoms with Crippen molar-refractivity contribution in [3.8, 4) is 11.5 Å². The Morgan fingerprint density at radius 2 is 1.96 bits per heavy atom. The molecule has 1 saturated heterocycles. The van der Waals surface area contributed by atoms with Crippen molar-refractivity contribution in [1.82, 2.24) is 10.2 Å². The molecule has 8 heteroatoms. The maximum Gasteiger partial charge on any atom is 0.161 e. The minimum atomic E-state index is 0. The van der Waals surface area contributed by atoms with Crippen LogP contribution in [0.5, 0.6) is 11.5 Å². The predicted octanol–water partition coefficient (Wildman–Crippen LogP) is 3.60. The van der Waals surface area contributed by atoms with Gasteiger partial charge in [0.2, 0.25) is 0 Å². The number of rotatable bonds is 9. The molecule has 1 N–H and O–H groups in total. The van der Waals surface area contributed by atoms with Crippen LogP contribution in [0.15, 0.2) is 35.7 Å². The monoisotopic (exact) mass is 434 g/mol. The van der Waals surface area contributed by atoms with Gasteiger partial charge < -0.3 is 19.5 Å². The minimum Gasteiger partial charge on any atom is -0.493 e. The molecule has 0 amide bonds. The molecule has 3 rings (SSSR count). The van der Waals surface area contributed by atoms with Crippen LogP contribution in [0.1, 0.15) is 10.4 Å². The Morgan fingerprint density at radius 1 is 1.15 bits per heavy atom. The molecular formula is C19H28Cl2N2O3S. The lowest BCUT2D eigenvalue weighted by Gasteiger charge is -2.26. The number of hydrogen-bond acceptors (Lipinski definition) is 6. The summed E-state index contributed by atoms with van der Waals surface area (Å²) in [6.45, 7) is 7.20. The van der Waals surface area contributed by atoms with Crippen LogP contribution in [0.4, 0.5) is 0 Å². The quantitative estimate of drug-likeness (QED) is 0.610. The average Bonchev–Trinajstić information content (AvgIpc) is 3.18. The zero-order valence-corrected chi connectivity index (χ0v) is 18.0. The van der Waals surface area contributed by atoms with E-state index in [2.05, 4.69) is 27.7 Å². The summed E-state index contributed by atoms with van der Waals surface area (Å²) in [5.41, 5.74) is 1.20. The maximum atomic E-state index is 5.88. The first-order valence-corrected chi connectivity index (χ1v) is 9.56. The fourth-order valence-corrected chi connectivity index (χ4v) is 3.40. The van der Waals surface area contributed by atoms with Gasteiger partial charge in [0, 0.05) is 37.6 Å². The summed E-state index contributed by atoms with van der Waals surface area (Å²) < 4.78 is 16.7. The molecule has 0 aliphatic carbocycles. The second-order valence-electron chi connectivity index (χ2n) is 5.98. The van der Waals surface area contributed by atoms with E-state index >= 15 is 0 Å². The van der Waals surface area contributed by atoms with Crippen molar-refractivity contribution < 1.29 is 14.2 Å². The van der Waals surface area contributed by atoms with Crippen LogP contribution in [0.3, 0.4) is 0 Å². The summed E-state index contributed by atoms with van der Waals surface area (Å²) in [6, 6.07) is 10.2. The first-order chi connectivity index (χ1) is 12.3. The Bertz CT molecular complexity index is 638. The van der Waals surface area contributed by atoms with Gasteiger partial charge in [0.05, 0.1) is 20.3 Å². The van der Waals surface area contributed by atoms with E-state index in [0.29, 0.717) is 6.61 Å². The lowest BCUT2D eigenvalue weighted by molar-refractivity contribution is 0.0384. The number of methoxy groups -OCH3 is 1. The van der Waals surface area contributed by atoms with Crippen LogP contribution >= 0.6 is 36.2 Å². The van der Waals surface area contributed by atoms with Crippen molar-refractivity contribution in [2.45, 2.75) is 13.2 Å². The number of morpholine rings is 1. The predicted molar refractivity (Wildman–Crippen MR) is 115 cm³/mol. The van der Waals surface area contributed by atoms with Crippen molar-refractivity contribution in [3.63, 3.8) is 0 Å². The van der Waals surface area contributed by atoms with Crippen LogP contribution in [-0.2, 0) is 17.9 Å². The fraction of sp³-hybridized carbons (Fsp3) is 0.474. The van der Waals surface area contributed by atoms with Crippen molar-refractivity contribution in [2.24, 2.45) is 0 Å². The number of nitrogens with zero attached hydrogens (tertiary/aromatic N) is 1. The van der Waals surface area contributed by atoms with Gasteiger partial charge in [0.25, 0.3) is 0 Å². The lowest BCUT2D eigenvalue weighted by Crippen LogP contribution is -2.40. The van der Waals surface area contributed by atoms with Crippen molar-refractivity contribution in [2.75, 3.05) is 46.5 Å². The van der Waals surface area contributed by atoms with E-state index in [1.807, 2.05) is 18.2 Å². The highest BCUT2D eigenvalue weighted by atomic mass is 35.5. The summed E-state index contributed by atoms with van der Waals surface area (Å²) in [7, 11) is 1.68. The highest BCUT2D eigenvalue weighted by molar-refractivity contribution is 7.09. The molecular weight excluding hydrogens is 407 g/mol. The Labute approximate surface area is 177 Å². The van der Waals surface area contributed by atoms with Crippen LogP contribution < -0.4 is 14.8 Å². The number of halogens is 2. The highest BCUT2D eigenvalue weighted by Gasteiger charge is 2.10. The van der Waals surface area contributed by atoms with Crippen molar-refractivity contribution >= 4 is 36.2 Å². The maximum absolute atomic E-state index is 5.88. The smallest absolute Gasteiger partial charge is 0.161 e. The molecule has 1 aliphatic rings. The van der Waals surface area contributed by atoms with Gasteiger partial charge in [-0.1, -0.05) is 12.1 Å². The number of nitrogens with one attached hydrogen (secondary N) is 1. The summed E-state index contributed by atoms with van der Waals surface area (Å²) in [5.74, 6) is 1.57. The SMILES string of the molecule is COc1cc(CNCCN2CCOCC2)ccc1OCc1cccs1.Cl.Cl. The normalized spacial score (nSPS) is 14.1. The zero-order chi connectivity index (χ0) is 17.3. The van der Waals surface area contributed by atoms with Gasteiger partial charge in [-0.05, 0) is 29.1 Å². The van der Waals surface area contributed by atoms with E-state index in [-0.39, 0.29) is 24.8 Å². The summed E-state index contributed by atoms with van der Waals surface area (Å²) in [4.78, 5) is 3.63. The first-order valence-electron chi connectivity index (χ1n) is 8.68. The molecule has 0 unspecified atom stereocenters. The minimum absolute atomic E-state index is 0. The van der Waals surface area contributed by atoms with Gasteiger partial charge in [0.15, 0.2) is 11.5 Å². The van der Waals surface area contributed by atoms with Gasteiger partial charge >= 0.3 is 0 Å². The van der Waals surface area contributed by atoms with E-state index in [1.54, 1.807) is 18.4 Å². The summed E-state index contributed by atoms with van der Waals surface area (Å²) >= 11 is 1.70. The fourth-order valence-electron chi connectivity index (χ4n) is 2.78. The van der Waals surface area contributed by atoms with Gasteiger partial charge in [0.1, 0.15) is 6.61 Å².